The molecule has 0 aliphatic heterocycles. The molecule has 3 nitrogen and oxygen atoms in total. The zero-order chi connectivity index (χ0) is 15.2. The molecule has 114 valence electrons. The Morgan fingerprint density at radius 1 is 1.14 bits per heavy atom. The number of hydrogen-bond donors (Lipinski definition) is 1. The fourth-order valence-corrected chi connectivity index (χ4v) is 1.92. The van der Waals surface area contributed by atoms with Gasteiger partial charge in [0.25, 0.3) is 0 Å². The van der Waals surface area contributed by atoms with E-state index < -0.39 is 17.5 Å². The fraction of sp³-hybridized carbons (Fsp3) is 0.400. The molecule has 21 heavy (non-hydrogen) atoms. The van der Waals surface area contributed by atoms with Crippen LogP contribution in [0.15, 0.2) is 22.7 Å². The van der Waals surface area contributed by atoms with Crippen LogP contribution in [0.4, 0.5) is 13.2 Å². The largest absolute Gasteiger partial charge is 0.441 e. The fourth-order valence-electron chi connectivity index (χ4n) is 1.92. The van der Waals surface area contributed by atoms with E-state index in [-0.39, 0.29) is 11.3 Å². The Labute approximate surface area is 121 Å². The van der Waals surface area contributed by atoms with Crippen molar-refractivity contribution in [2.45, 2.75) is 26.2 Å². The van der Waals surface area contributed by atoms with E-state index in [0.717, 1.165) is 38.1 Å². The van der Waals surface area contributed by atoms with Gasteiger partial charge in [-0.3, -0.25) is 0 Å². The van der Waals surface area contributed by atoms with Crippen molar-refractivity contribution in [2.75, 3.05) is 13.1 Å². The Bertz CT molecular complexity index is 575. The van der Waals surface area contributed by atoms with Gasteiger partial charge in [0, 0.05) is 12.0 Å². The van der Waals surface area contributed by atoms with E-state index >= 15 is 0 Å². The van der Waals surface area contributed by atoms with Crippen molar-refractivity contribution in [2.24, 2.45) is 0 Å². The highest BCUT2D eigenvalue weighted by atomic mass is 19.2. The zero-order valence-corrected chi connectivity index (χ0v) is 11.8. The summed E-state index contributed by atoms with van der Waals surface area (Å²) in [6.45, 7) is 3.91. The molecule has 2 rings (SSSR count). The third kappa shape index (κ3) is 4.07. The van der Waals surface area contributed by atoms with Gasteiger partial charge in [-0.2, -0.15) is 0 Å². The predicted molar refractivity (Wildman–Crippen MR) is 73.3 cm³/mol. The van der Waals surface area contributed by atoms with Gasteiger partial charge < -0.3 is 9.73 Å². The van der Waals surface area contributed by atoms with Crippen LogP contribution in [-0.2, 0) is 6.42 Å². The van der Waals surface area contributed by atoms with Gasteiger partial charge in [0.15, 0.2) is 29.1 Å². The number of aromatic nitrogens is 1. The normalized spacial score (nSPS) is 11.0. The van der Waals surface area contributed by atoms with Crippen LogP contribution in [0.1, 0.15) is 25.7 Å². The maximum Gasteiger partial charge on any atom is 0.194 e. The van der Waals surface area contributed by atoms with E-state index in [1.165, 1.54) is 6.20 Å². The monoisotopic (exact) mass is 298 g/mol. The van der Waals surface area contributed by atoms with Crippen LogP contribution in [-0.4, -0.2) is 18.1 Å². The first-order valence-electron chi connectivity index (χ1n) is 6.92. The first-order valence-corrected chi connectivity index (χ1v) is 6.92. The summed E-state index contributed by atoms with van der Waals surface area (Å²) in [7, 11) is 0. The third-order valence-electron chi connectivity index (χ3n) is 2.99. The third-order valence-corrected chi connectivity index (χ3v) is 2.99. The van der Waals surface area contributed by atoms with Crippen molar-refractivity contribution < 1.29 is 17.6 Å². The van der Waals surface area contributed by atoms with Crippen molar-refractivity contribution >= 4 is 0 Å². The first-order chi connectivity index (χ1) is 10.1. The van der Waals surface area contributed by atoms with Gasteiger partial charge in [-0.15, -0.1) is 0 Å². The lowest BCUT2D eigenvalue weighted by molar-refractivity contribution is 0.446. The average molecular weight is 298 g/mol. The lowest BCUT2D eigenvalue weighted by Crippen LogP contribution is -2.16. The minimum atomic E-state index is -1.49. The number of halogens is 3. The molecule has 0 saturated heterocycles. The molecule has 0 saturated carbocycles. The topological polar surface area (TPSA) is 38.1 Å². The first kappa shape index (κ1) is 15.6. The molecule has 1 N–H and O–H groups in total. The molecule has 0 radical (unpaired) electrons. The number of hydrogen-bond acceptors (Lipinski definition) is 3. The van der Waals surface area contributed by atoms with Crippen molar-refractivity contribution in [3.05, 3.63) is 41.7 Å². The molecule has 0 atom stereocenters. The number of nitrogens with one attached hydrogen (secondary N) is 1. The zero-order valence-electron chi connectivity index (χ0n) is 11.8. The number of oxazole rings is 1. The summed E-state index contributed by atoms with van der Waals surface area (Å²) in [6.07, 6.45) is 3.95. The summed E-state index contributed by atoms with van der Waals surface area (Å²) in [6, 6.07) is 1.79. The van der Waals surface area contributed by atoms with Gasteiger partial charge >= 0.3 is 0 Å². The molecule has 0 spiro atoms. The second-order valence-electron chi connectivity index (χ2n) is 4.73. The number of benzene rings is 1. The van der Waals surface area contributed by atoms with Crippen LogP contribution < -0.4 is 5.32 Å². The van der Waals surface area contributed by atoms with Crippen LogP contribution in [0.5, 0.6) is 0 Å². The molecule has 2 aromatic rings. The van der Waals surface area contributed by atoms with E-state index in [9.17, 15) is 13.2 Å². The molecule has 0 unspecified atom stereocenters. The van der Waals surface area contributed by atoms with Crippen LogP contribution in [0.25, 0.3) is 11.3 Å². The molecule has 1 aromatic heterocycles. The summed E-state index contributed by atoms with van der Waals surface area (Å²) >= 11 is 0. The van der Waals surface area contributed by atoms with Crippen molar-refractivity contribution in [3.63, 3.8) is 0 Å². The molecule has 0 aliphatic carbocycles. The lowest BCUT2D eigenvalue weighted by atomic mass is 10.1. The minimum absolute atomic E-state index is 0.134. The Hall–Kier alpha value is -1.82. The van der Waals surface area contributed by atoms with Gasteiger partial charge in [0.1, 0.15) is 0 Å². The molecule has 0 bridgehead atoms. The number of aryl methyl sites for hydroxylation is 1. The maximum absolute atomic E-state index is 13.2. The highest BCUT2D eigenvalue weighted by Gasteiger charge is 2.14. The van der Waals surface area contributed by atoms with E-state index in [1.807, 2.05) is 0 Å². The molecule has 0 aliphatic rings. The molecule has 0 fully saturated rings. The minimum Gasteiger partial charge on any atom is -0.441 e. The molecule has 6 heteroatoms. The van der Waals surface area contributed by atoms with E-state index in [0.29, 0.717) is 12.3 Å². The van der Waals surface area contributed by atoms with Gasteiger partial charge in [0.2, 0.25) is 0 Å². The smallest absolute Gasteiger partial charge is 0.194 e. The van der Waals surface area contributed by atoms with E-state index in [1.54, 1.807) is 0 Å². The Kier molecular flexibility index (Phi) is 5.38. The van der Waals surface area contributed by atoms with E-state index in [4.69, 9.17) is 4.42 Å². The van der Waals surface area contributed by atoms with Crippen LogP contribution in [0, 0.1) is 17.5 Å². The summed E-state index contributed by atoms with van der Waals surface area (Å²) < 4.78 is 44.7. The molecular weight excluding hydrogens is 281 g/mol. The Morgan fingerprint density at radius 2 is 1.86 bits per heavy atom. The van der Waals surface area contributed by atoms with Crippen LogP contribution in [0.2, 0.25) is 0 Å². The lowest BCUT2D eigenvalue weighted by Gasteiger charge is -2.01. The quantitative estimate of drug-likeness (QED) is 0.626. The van der Waals surface area contributed by atoms with Gasteiger partial charge in [-0.25, -0.2) is 18.2 Å². The highest BCUT2D eigenvalue weighted by molar-refractivity contribution is 5.56. The van der Waals surface area contributed by atoms with Gasteiger partial charge in [0.05, 0.1) is 6.20 Å². The standard InChI is InChI=1S/C15H17F3N2O/c1-2-5-19-6-3-4-14-20-9-13(21-14)10-7-11(16)15(18)12(17)8-10/h7-9,19H,2-6H2,1H3. The number of rotatable bonds is 7. The Morgan fingerprint density at radius 3 is 2.52 bits per heavy atom. The second kappa shape index (κ2) is 7.26. The van der Waals surface area contributed by atoms with Crippen LogP contribution in [0.3, 0.4) is 0 Å². The van der Waals surface area contributed by atoms with Crippen molar-refractivity contribution in [1.82, 2.24) is 10.3 Å². The van der Waals surface area contributed by atoms with Gasteiger partial charge in [-0.05, 0) is 38.1 Å². The predicted octanol–water partition coefficient (Wildman–Crippen LogP) is 3.69. The number of nitrogens with zero attached hydrogens (tertiary/aromatic N) is 1. The summed E-state index contributed by atoms with van der Waals surface area (Å²) in [5.41, 5.74) is 0.134. The maximum atomic E-state index is 13.2. The molecule has 1 heterocycles. The van der Waals surface area contributed by atoms with Crippen molar-refractivity contribution in [3.8, 4) is 11.3 Å². The molecule has 0 amide bonds. The van der Waals surface area contributed by atoms with Gasteiger partial charge in [-0.1, -0.05) is 6.92 Å². The molecular formula is C15H17F3N2O. The van der Waals surface area contributed by atoms with E-state index in [2.05, 4.69) is 17.2 Å². The van der Waals surface area contributed by atoms with Crippen molar-refractivity contribution in [1.29, 1.82) is 0 Å². The summed E-state index contributed by atoms with van der Waals surface area (Å²) in [4.78, 5) is 4.06. The van der Waals surface area contributed by atoms with Crippen LogP contribution >= 0.6 is 0 Å². The summed E-state index contributed by atoms with van der Waals surface area (Å²) in [5.74, 6) is -3.25. The Balaban J connectivity index is 1.99. The average Bonchev–Trinajstić information content (AvgIpc) is 2.93. The SMILES string of the molecule is CCCNCCCc1ncc(-c2cc(F)c(F)c(F)c2)o1. The molecule has 1 aromatic carbocycles. The highest BCUT2D eigenvalue weighted by Crippen LogP contribution is 2.24. The summed E-state index contributed by atoms with van der Waals surface area (Å²) in [5, 5.41) is 3.25. The second-order valence-corrected chi connectivity index (χ2v) is 4.73.